The summed E-state index contributed by atoms with van der Waals surface area (Å²) in [6, 6.07) is 6.92. The van der Waals surface area contributed by atoms with Crippen molar-refractivity contribution in [1.82, 2.24) is 19.3 Å². The molecule has 0 saturated carbocycles. The first-order valence-corrected chi connectivity index (χ1v) is 12.1. The fourth-order valence-corrected chi connectivity index (χ4v) is 4.11. The highest BCUT2D eigenvalue weighted by molar-refractivity contribution is 7.90. The summed E-state index contributed by atoms with van der Waals surface area (Å²) in [4.78, 5) is 33.8. The Morgan fingerprint density at radius 2 is 1.76 bits per heavy atom. The molecule has 3 heterocycles. The molecule has 1 aliphatic rings. The average molecular weight is 475 g/mol. The lowest BCUT2D eigenvalue weighted by Crippen LogP contribution is -2.30. The molecule has 0 bridgehead atoms. The fourth-order valence-electron chi connectivity index (χ4n) is 3.60. The highest BCUT2D eigenvalue weighted by Gasteiger charge is 2.35. The topological polar surface area (TPSA) is 113 Å². The summed E-state index contributed by atoms with van der Waals surface area (Å²) < 4.78 is 46.2. The quantitative estimate of drug-likeness (QED) is 0.421. The van der Waals surface area contributed by atoms with Gasteiger partial charge in [-0.1, -0.05) is 12.1 Å². The van der Waals surface area contributed by atoms with Crippen LogP contribution in [0.25, 0.3) is 22.5 Å². The Kier molecular flexibility index (Phi) is 5.47. The maximum Gasteiger partial charge on any atom is 0.311 e. The van der Waals surface area contributed by atoms with Crippen LogP contribution in [-0.2, 0) is 32.5 Å². The van der Waals surface area contributed by atoms with E-state index < -0.39 is 33.1 Å². The van der Waals surface area contributed by atoms with E-state index in [9.17, 15) is 22.4 Å². The number of benzene rings is 1. The molecule has 1 aliphatic heterocycles. The molecule has 33 heavy (non-hydrogen) atoms. The Bertz CT molecular complexity index is 1400. The van der Waals surface area contributed by atoms with Crippen LogP contribution >= 0.6 is 0 Å². The number of esters is 1. The monoisotopic (exact) mass is 474 g/mol. The molecule has 0 N–H and O–H groups in total. The molecule has 1 atom stereocenters. The molecular weight excluding hydrogens is 451 g/mol. The van der Waals surface area contributed by atoms with E-state index in [1.54, 1.807) is 25.5 Å². The molecule has 11 heteroatoms. The average Bonchev–Trinajstić information content (AvgIpc) is 3.25. The lowest BCUT2D eigenvalue weighted by molar-refractivity contribution is -0.158. The van der Waals surface area contributed by atoms with Crippen molar-refractivity contribution < 1.29 is 22.3 Å². The second kappa shape index (κ2) is 7.91. The minimum absolute atomic E-state index is 0.124. The minimum atomic E-state index is -3.70. The van der Waals surface area contributed by atoms with Crippen molar-refractivity contribution in [3.63, 3.8) is 0 Å². The highest BCUT2D eigenvalue weighted by Crippen LogP contribution is 2.32. The zero-order valence-electron chi connectivity index (χ0n) is 18.6. The summed E-state index contributed by atoms with van der Waals surface area (Å²) in [7, 11) is -3.70. The Labute approximate surface area is 189 Å². The molecular formula is C22H23FN4O5S. The smallest absolute Gasteiger partial charge is 0.311 e. The third-order valence-electron chi connectivity index (χ3n) is 5.21. The van der Waals surface area contributed by atoms with E-state index in [2.05, 4.69) is 9.97 Å². The van der Waals surface area contributed by atoms with Gasteiger partial charge in [0, 0.05) is 12.5 Å². The summed E-state index contributed by atoms with van der Waals surface area (Å²) in [6.45, 7) is 5.51. The van der Waals surface area contributed by atoms with Crippen LogP contribution in [0.3, 0.4) is 0 Å². The Morgan fingerprint density at radius 3 is 2.36 bits per heavy atom. The van der Waals surface area contributed by atoms with Crippen LogP contribution in [0.1, 0.15) is 20.8 Å². The number of hydrogen-bond donors (Lipinski definition) is 0. The first kappa shape index (κ1) is 22.8. The molecule has 4 rings (SSSR count). The molecule has 3 aromatic rings. The van der Waals surface area contributed by atoms with E-state index in [0.29, 0.717) is 11.3 Å². The number of nitrogens with zero attached hydrogens (tertiary/aromatic N) is 4. The van der Waals surface area contributed by atoms with E-state index in [4.69, 9.17) is 4.74 Å². The van der Waals surface area contributed by atoms with E-state index in [1.165, 1.54) is 41.2 Å². The van der Waals surface area contributed by atoms with Crippen molar-refractivity contribution in [3.8, 4) is 22.5 Å². The van der Waals surface area contributed by atoms with Crippen molar-refractivity contribution in [1.29, 1.82) is 0 Å². The largest absolute Gasteiger partial charge is 0.458 e. The second-order valence-corrected chi connectivity index (χ2v) is 10.9. The van der Waals surface area contributed by atoms with E-state index in [0.717, 1.165) is 6.26 Å². The molecule has 2 aromatic heterocycles. The predicted molar refractivity (Wildman–Crippen MR) is 118 cm³/mol. The summed E-state index contributed by atoms with van der Waals surface area (Å²) in [6.07, 6.45) is 1.71. The number of carbonyl (C=O) groups is 1. The molecule has 174 valence electrons. The van der Waals surface area contributed by atoms with Gasteiger partial charge in [-0.2, -0.15) is 0 Å². The number of sulfone groups is 1. The molecule has 0 saturated heterocycles. The highest BCUT2D eigenvalue weighted by atomic mass is 32.2. The van der Waals surface area contributed by atoms with Gasteiger partial charge in [-0.25, -0.2) is 27.5 Å². The van der Waals surface area contributed by atoms with Crippen molar-refractivity contribution in [3.05, 3.63) is 52.7 Å². The van der Waals surface area contributed by atoms with E-state index >= 15 is 0 Å². The number of rotatable bonds is 4. The molecule has 0 amide bonds. The summed E-state index contributed by atoms with van der Waals surface area (Å²) in [5, 5.41) is -0.383. The molecule has 0 radical (unpaired) electrons. The number of aromatic nitrogens is 4. The molecule has 1 unspecified atom stereocenters. The zero-order valence-corrected chi connectivity index (χ0v) is 19.4. The predicted octanol–water partition coefficient (Wildman–Crippen LogP) is 2.29. The van der Waals surface area contributed by atoms with Crippen molar-refractivity contribution in [2.24, 2.45) is 5.41 Å². The number of carbonyl (C=O) groups excluding carboxylic acids is 1. The van der Waals surface area contributed by atoms with Gasteiger partial charge in [-0.05, 0) is 44.5 Å². The number of fused-ring (bicyclic) bond motifs is 1. The molecule has 9 nitrogen and oxygen atoms in total. The van der Waals surface area contributed by atoms with Gasteiger partial charge in [0.05, 0.1) is 35.5 Å². The van der Waals surface area contributed by atoms with Gasteiger partial charge in [-0.3, -0.25) is 14.3 Å². The van der Waals surface area contributed by atoms with Gasteiger partial charge in [0.2, 0.25) is 15.0 Å². The first-order chi connectivity index (χ1) is 15.4. The van der Waals surface area contributed by atoms with Gasteiger partial charge < -0.3 is 4.74 Å². The summed E-state index contributed by atoms with van der Waals surface area (Å²) in [5.41, 5.74) is 0.158. The zero-order chi connectivity index (χ0) is 24.1. The Balaban J connectivity index is 1.87. The minimum Gasteiger partial charge on any atom is -0.458 e. The molecule has 0 fully saturated rings. The first-order valence-electron chi connectivity index (χ1n) is 10.2. The molecule has 0 spiro atoms. The van der Waals surface area contributed by atoms with Crippen LogP contribution < -0.4 is 5.56 Å². The number of hydrogen-bond acceptors (Lipinski definition) is 7. The third kappa shape index (κ3) is 4.32. The second-order valence-electron chi connectivity index (χ2n) is 8.97. The lowest BCUT2D eigenvalue weighted by atomic mass is 9.97. The van der Waals surface area contributed by atoms with Crippen LogP contribution in [0.2, 0.25) is 0 Å². The van der Waals surface area contributed by atoms with Gasteiger partial charge in [0.25, 0.3) is 5.56 Å². The third-order valence-corrected chi connectivity index (χ3v) is 6.07. The van der Waals surface area contributed by atoms with Gasteiger partial charge in [0.1, 0.15) is 11.9 Å². The number of ether oxygens (including phenoxy) is 1. The van der Waals surface area contributed by atoms with Crippen LogP contribution in [-0.4, -0.2) is 46.1 Å². The standard InChI is InChI=1S/C22H23FN4O5S/c1-22(2,3)20(29)32-15-11-26-18(16-9-10-24-21(25-16)33(4,30)31)17(19(28)27(26)12-15)13-5-7-14(23)8-6-13/h5-10,15H,11-12H2,1-4H3. The van der Waals surface area contributed by atoms with Crippen molar-refractivity contribution >= 4 is 15.8 Å². The summed E-state index contributed by atoms with van der Waals surface area (Å²) >= 11 is 0. The van der Waals surface area contributed by atoms with E-state index in [-0.39, 0.29) is 35.1 Å². The Hall–Kier alpha value is -3.34. The normalized spacial score (nSPS) is 16.0. The van der Waals surface area contributed by atoms with Crippen LogP contribution in [0, 0.1) is 11.2 Å². The van der Waals surface area contributed by atoms with Crippen LogP contribution in [0.15, 0.2) is 46.5 Å². The number of halogens is 1. The van der Waals surface area contributed by atoms with Crippen molar-refractivity contribution in [2.75, 3.05) is 6.26 Å². The molecule has 1 aromatic carbocycles. The van der Waals surface area contributed by atoms with Gasteiger partial charge in [0.15, 0.2) is 0 Å². The van der Waals surface area contributed by atoms with Crippen LogP contribution in [0.5, 0.6) is 0 Å². The summed E-state index contributed by atoms with van der Waals surface area (Å²) in [5.74, 6) is -0.851. The van der Waals surface area contributed by atoms with Crippen LogP contribution in [0.4, 0.5) is 4.39 Å². The van der Waals surface area contributed by atoms with Crippen molar-refractivity contribution in [2.45, 2.75) is 45.1 Å². The lowest BCUT2D eigenvalue weighted by Gasteiger charge is -2.20. The van der Waals surface area contributed by atoms with E-state index in [1.807, 2.05) is 0 Å². The van der Waals surface area contributed by atoms with Gasteiger partial charge in [-0.15, -0.1) is 0 Å². The fraction of sp³-hybridized carbons (Fsp3) is 0.364. The molecule has 0 aliphatic carbocycles. The Morgan fingerprint density at radius 1 is 1.12 bits per heavy atom. The maximum atomic E-state index is 13.5. The maximum absolute atomic E-state index is 13.5. The van der Waals surface area contributed by atoms with Gasteiger partial charge >= 0.3 is 5.97 Å². The SMILES string of the molecule is CC(C)(C)C(=O)OC1Cn2c(-c3ccnc(S(C)(=O)=O)n3)c(-c3ccc(F)cc3)c(=O)n2C1.